The Morgan fingerprint density at radius 3 is 2.63 bits per heavy atom. The van der Waals surface area contributed by atoms with Gasteiger partial charge < -0.3 is 4.74 Å². The van der Waals surface area contributed by atoms with E-state index < -0.39 is 23.2 Å². The van der Waals surface area contributed by atoms with Gasteiger partial charge in [0.25, 0.3) is 5.56 Å². The topological polar surface area (TPSA) is 48.3 Å². The molecule has 0 saturated carbocycles. The van der Waals surface area contributed by atoms with Gasteiger partial charge in [-0.2, -0.15) is 0 Å². The number of nitrogens with zero attached hydrogens (tertiary/aromatic N) is 1. The second-order valence-corrected chi connectivity index (χ2v) is 3.69. The van der Waals surface area contributed by atoms with E-state index in [1.165, 1.54) is 25.3 Å². The molecule has 0 aliphatic heterocycles. The minimum Gasteiger partial charge on any atom is -0.465 e. The zero-order chi connectivity index (χ0) is 14.0. The molecule has 98 valence electrons. The van der Waals surface area contributed by atoms with Crippen LogP contribution in [0.4, 0.5) is 8.78 Å². The molecule has 0 saturated heterocycles. The fourth-order valence-electron chi connectivity index (χ4n) is 1.59. The zero-order valence-electron chi connectivity index (χ0n) is 9.89. The molecule has 0 fully saturated rings. The van der Waals surface area contributed by atoms with Crippen LogP contribution in [0.2, 0.25) is 0 Å². The van der Waals surface area contributed by atoms with Crippen molar-refractivity contribution >= 4 is 5.97 Å². The van der Waals surface area contributed by atoms with Crippen molar-refractivity contribution in [2.75, 3.05) is 7.11 Å². The van der Waals surface area contributed by atoms with E-state index in [1.54, 1.807) is 0 Å². The highest BCUT2D eigenvalue weighted by atomic mass is 19.2. The average molecular weight is 265 g/mol. The number of pyridine rings is 1. The maximum Gasteiger partial charge on any atom is 0.339 e. The number of rotatable bonds is 2. The minimum atomic E-state index is -1.16. The van der Waals surface area contributed by atoms with Gasteiger partial charge in [0.1, 0.15) is 0 Å². The molecule has 0 N–H and O–H groups in total. The van der Waals surface area contributed by atoms with E-state index in [2.05, 4.69) is 4.74 Å². The molecule has 0 spiro atoms. The van der Waals surface area contributed by atoms with E-state index in [4.69, 9.17) is 0 Å². The summed E-state index contributed by atoms with van der Waals surface area (Å²) < 4.78 is 32.1. The molecule has 19 heavy (non-hydrogen) atoms. The van der Waals surface area contributed by atoms with Crippen molar-refractivity contribution in [3.8, 4) is 5.69 Å². The van der Waals surface area contributed by atoms with Crippen molar-refractivity contribution in [1.82, 2.24) is 4.57 Å². The van der Waals surface area contributed by atoms with Crippen molar-refractivity contribution < 1.29 is 18.3 Å². The second kappa shape index (κ2) is 5.01. The first-order valence-corrected chi connectivity index (χ1v) is 5.30. The van der Waals surface area contributed by atoms with Gasteiger partial charge in [0.05, 0.1) is 18.4 Å². The van der Waals surface area contributed by atoms with E-state index in [1.807, 2.05) is 0 Å². The van der Waals surface area contributed by atoms with Crippen LogP contribution in [0.25, 0.3) is 5.69 Å². The quantitative estimate of drug-likeness (QED) is 0.779. The number of ether oxygens (including phenoxy) is 1. The molecule has 0 radical (unpaired) electrons. The van der Waals surface area contributed by atoms with Gasteiger partial charge in [-0.1, -0.05) is 6.07 Å². The van der Waals surface area contributed by atoms with Gasteiger partial charge >= 0.3 is 5.97 Å². The van der Waals surface area contributed by atoms with E-state index >= 15 is 0 Å². The monoisotopic (exact) mass is 265 g/mol. The van der Waals surface area contributed by atoms with Crippen LogP contribution in [0.15, 0.2) is 41.3 Å². The van der Waals surface area contributed by atoms with Crippen LogP contribution < -0.4 is 5.56 Å². The predicted molar refractivity (Wildman–Crippen MR) is 63.3 cm³/mol. The van der Waals surface area contributed by atoms with Gasteiger partial charge in [0, 0.05) is 12.3 Å². The summed E-state index contributed by atoms with van der Waals surface area (Å²) in [6, 6.07) is 5.78. The summed E-state index contributed by atoms with van der Waals surface area (Å²) in [5.41, 5.74) is -0.793. The summed E-state index contributed by atoms with van der Waals surface area (Å²) in [4.78, 5) is 23.0. The lowest BCUT2D eigenvalue weighted by molar-refractivity contribution is 0.0600. The van der Waals surface area contributed by atoms with Crippen LogP contribution >= 0.6 is 0 Å². The van der Waals surface area contributed by atoms with Crippen molar-refractivity contribution in [3.05, 3.63) is 64.1 Å². The number of esters is 1. The van der Waals surface area contributed by atoms with Crippen LogP contribution in [-0.4, -0.2) is 17.6 Å². The van der Waals surface area contributed by atoms with Crippen molar-refractivity contribution in [1.29, 1.82) is 0 Å². The fraction of sp³-hybridized carbons (Fsp3) is 0.0769. The van der Waals surface area contributed by atoms with Crippen molar-refractivity contribution in [2.24, 2.45) is 0 Å². The molecule has 0 aliphatic rings. The molecule has 1 heterocycles. The summed E-state index contributed by atoms with van der Waals surface area (Å²) in [7, 11) is 1.18. The molecule has 0 unspecified atom stereocenters. The highest BCUT2D eigenvalue weighted by Crippen LogP contribution is 2.15. The fourth-order valence-corrected chi connectivity index (χ4v) is 1.59. The Morgan fingerprint density at radius 2 is 1.95 bits per heavy atom. The maximum absolute atomic E-state index is 13.6. The Balaban J connectivity index is 2.65. The third-order valence-electron chi connectivity index (χ3n) is 2.52. The molecule has 0 amide bonds. The zero-order valence-corrected chi connectivity index (χ0v) is 9.89. The molecule has 2 aromatic rings. The molecule has 2 rings (SSSR count). The van der Waals surface area contributed by atoms with Gasteiger partial charge in [-0.05, 0) is 18.2 Å². The number of carbonyl (C=O) groups is 1. The number of carbonyl (C=O) groups excluding carboxylic acids is 1. The lowest BCUT2D eigenvalue weighted by Crippen LogP contribution is -2.20. The molecule has 6 heteroatoms. The normalized spacial score (nSPS) is 10.3. The molecule has 1 aromatic carbocycles. The molecule has 1 aromatic heterocycles. The van der Waals surface area contributed by atoms with Gasteiger partial charge in [0.15, 0.2) is 11.6 Å². The summed E-state index contributed by atoms with van der Waals surface area (Å²) in [6.45, 7) is 0. The summed E-state index contributed by atoms with van der Waals surface area (Å²) in [5, 5.41) is 0. The lowest BCUT2D eigenvalue weighted by Gasteiger charge is -2.08. The van der Waals surface area contributed by atoms with E-state index in [0.717, 1.165) is 22.9 Å². The van der Waals surface area contributed by atoms with Crippen LogP contribution in [0.5, 0.6) is 0 Å². The number of benzene rings is 1. The van der Waals surface area contributed by atoms with Crippen LogP contribution in [-0.2, 0) is 4.74 Å². The van der Waals surface area contributed by atoms with E-state index in [-0.39, 0.29) is 11.3 Å². The third-order valence-corrected chi connectivity index (χ3v) is 2.52. The SMILES string of the molecule is COC(=O)c1ccc(=O)n(-c2cccc(F)c2F)c1. The number of halogens is 2. The highest BCUT2D eigenvalue weighted by Gasteiger charge is 2.13. The Labute approximate surface area is 106 Å². The maximum atomic E-state index is 13.6. The van der Waals surface area contributed by atoms with Gasteiger partial charge in [0.2, 0.25) is 0 Å². The highest BCUT2D eigenvalue weighted by molar-refractivity contribution is 5.88. The predicted octanol–water partition coefficient (Wildman–Crippen LogP) is 1.90. The number of methoxy groups -OCH3 is 1. The van der Waals surface area contributed by atoms with E-state index in [0.29, 0.717) is 0 Å². The van der Waals surface area contributed by atoms with Gasteiger partial charge in [-0.15, -0.1) is 0 Å². The first-order chi connectivity index (χ1) is 9.04. The summed E-state index contributed by atoms with van der Waals surface area (Å²) in [6.07, 6.45) is 1.10. The molecular weight excluding hydrogens is 256 g/mol. The largest absolute Gasteiger partial charge is 0.465 e. The molecule has 0 bridgehead atoms. The van der Waals surface area contributed by atoms with Crippen LogP contribution in [0, 0.1) is 11.6 Å². The Bertz CT molecular complexity index is 695. The van der Waals surface area contributed by atoms with Crippen molar-refractivity contribution in [2.45, 2.75) is 0 Å². The van der Waals surface area contributed by atoms with Crippen LogP contribution in [0.1, 0.15) is 10.4 Å². The second-order valence-electron chi connectivity index (χ2n) is 3.69. The van der Waals surface area contributed by atoms with Crippen LogP contribution in [0.3, 0.4) is 0 Å². The standard InChI is InChI=1S/C13H9F2NO3/c1-19-13(18)8-5-6-11(17)16(7-8)10-4-2-3-9(14)12(10)15/h2-7H,1H3. The average Bonchev–Trinajstić information content (AvgIpc) is 2.42. The van der Waals surface area contributed by atoms with Crippen molar-refractivity contribution in [3.63, 3.8) is 0 Å². The summed E-state index contributed by atoms with van der Waals surface area (Å²) >= 11 is 0. The molecular formula is C13H9F2NO3. The number of hydrogen-bond donors (Lipinski definition) is 0. The number of aromatic nitrogens is 1. The summed E-state index contributed by atoms with van der Waals surface area (Å²) in [5.74, 6) is -2.91. The number of hydrogen-bond acceptors (Lipinski definition) is 3. The molecule has 4 nitrogen and oxygen atoms in total. The van der Waals surface area contributed by atoms with Gasteiger partial charge in [-0.25, -0.2) is 13.6 Å². The first-order valence-electron chi connectivity index (χ1n) is 5.30. The minimum absolute atomic E-state index is 0.0609. The van der Waals surface area contributed by atoms with Gasteiger partial charge in [-0.3, -0.25) is 9.36 Å². The first kappa shape index (κ1) is 12.9. The smallest absolute Gasteiger partial charge is 0.339 e. The lowest BCUT2D eigenvalue weighted by atomic mass is 10.2. The van der Waals surface area contributed by atoms with E-state index in [9.17, 15) is 18.4 Å². The third kappa shape index (κ3) is 2.37. The Kier molecular flexibility index (Phi) is 3.41. The Morgan fingerprint density at radius 1 is 1.21 bits per heavy atom. The molecule has 0 aliphatic carbocycles. The Hall–Kier alpha value is -2.50. The molecule has 0 atom stereocenters.